The first kappa shape index (κ1) is 24.8. The van der Waals surface area contributed by atoms with Gasteiger partial charge in [-0.1, -0.05) is 0 Å². The molecule has 1 aliphatic rings. The normalized spacial score (nSPS) is 18.0. The number of fused-ring (bicyclic) bond motifs is 1. The Kier molecular flexibility index (Phi) is 8.43. The van der Waals surface area contributed by atoms with E-state index in [-0.39, 0.29) is 12.6 Å². The average molecular weight is 561 g/mol. The van der Waals surface area contributed by atoms with Gasteiger partial charge in [-0.2, -0.15) is 0 Å². The summed E-state index contributed by atoms with van der Waals surface area (Å²) in [5, 5.41) is 16.9. The monoisotopic (exact) mass is 561 g/mol. The molecule has 0 aliphatic carbocycles. The summed E-state index contributed by atoms with van der Waals surface area (Å²) in [4.78, 5) is 12.4. The third-order valence-electron chi connectivity index (χ3n) is 4.61. The molecule has 0 radical (unpaired) electrons. The number of halogens is 3. The molecule has 2 aromatic rings. The Labute approximate surface area is 196 Å². The molecule has 2 aromatic carbocycles. The Hall–Kier alpha value is -1.82. The number of hydrogen-bond acceptors (Lipinski definition) is 5. The van der Waals surface area contributed by atoms with Crippen LogP contribution in [0, 0.1) is 15.2 Å². The van der Waals surface area contributed by atoms with Crippen molar-refractivity contribution in [3.63, 3.8) is 0 Å². The average Bonchev–Trinajstić information content (AvgIpc) is 2.69. The van der Waals surface area contributed by atoms with Crippen molar-refractivity contribution in [3.8, 4) is 0 Å². The van der Waals surface area contributed by atoms with Crippen LogP contribution >= 0.6 is 0 Å². The first-order valence-electron chi connectivity index (χ1n) is 10.3. The first-order chi connectivity index (χ1) is 15.1. The molecule has 3 atom stereocenters. The third-order valence-corrected chi connectivity index (χ3v) is 7.76. The molecule has 32 heavy (non-hydrogen) atoms. The number of carbonyl (C=O) groups is 1. The number of ether oxygens (including phenoxy) is 2. The molecule has 6 nitrogen and oxygen atoms in total. The molecule has 0 aromatic heterocycles. The van der Waals surface area contributed by atoms with Gasteiger partial charge in [0.05, 0.1) is 0 Å². The van der Waals surface area contributed by atoms with Crippen LogP contribution in [-0.4, -0.2) is 40.1 Å². The van der Waals surface area contributed by atoms with Crippen LogP contribution < -0.4 is 31.8 Å². The van der Waals surface area contributed by atoms with E-state index < -0.39 is 54.7 Å². The van der Waals surface area contributed by atoms with Crippen molar-refractivity contribution in [1.82, 2.24) is 10.6 Å². The Morgan fingerprint density at radius 3 is 2.62 bits per heavy atom. The summed E-state index contributed by atoms with van der Waals surface area (Å²) in [5.74, 6) is -1.39. The molecule has 1 amide bonds. The zero-order valence-electron chi connectivity index (χ0n) is 18.2. The van der Waals surface area contributed by atoms with E-state index in [2.05, 4.69) is 10.6 Å². The molecule has 0 saturated heterocycles. The molecule has 0 saturated carbocycles. The molecule has 1 heterocycles. The second-order valence-corrected chi connectivity index (χ2v) is 11.7. The van der Waals surface area contributed by atoms with Gasteiger partial charge in [-0.25, -0.2) is 0 Å². The number of rotatable bonds is 7. The van der Waals surface area contributed by atoms with E-state index in [9.17, 15) is 18.7 Å². The topological polar surface area (TPSA) is 79.8 Å². The predicted octanol–water partition coefficient (Wildman–Crippen LogP) is 0.296. The van der Waals surface area contributed by atoms with Crippen LogP contribution in [0.4, 0.5) is 13.6 Å². The van der Waals surface area contributed by atoms with Gasteiger partial charge in [0.2, 0.25) is 0 Å². The van der Waals surface area contributed by atoms with Crippen LogP contribution in [0.3, 0.4) is 0 Å². The van der Waals surface area contributed by atoms with E-state index in [1.165, 1.54) is 12.1 Å². The second-order valence-electron chi connectivity index (χ2n) is 8.49. The number of hydrogen-bond donors (Lipinski definition) is 3. The maximum absolute atomic E-state index is 13.7. The van der Waals surface area contributed by atoms with E-state index in [0.29, 0.717) is 16.8 Å². The molecular weight excluding hydrogens is 533 g/mol. The standard InChI is InChI=1S/C23H28F2IN2O4/c1-23(2,3)32-22(30)28-21(26-17-9-15(24)8-16(25)10-17)20(29)11-27-19-13-31-12-14-6-4-5-7-18(14)19/h4-10,19-21,27,29H,11-13H2,1-3H3,(H,28,30)/q-1. The van der Waals surface area contributed by atoms with Crippen molar-refractivity contribution < 1.29 is 49.4 Å². The molecular formula is C23H28F2IN2O4-. The minimum absolute atomic E-state index is 0.110. The Morgan fingerprint density at radius 2 is 1.94 bits per heavy atom. The van der Waals surface area contributed by atoms with Crippen molar-refractivity contribution >= 4 is 6.09 Å². The van der Waals surface area contributed by atoms with Crippen molar-refractivity contribution in [2.24, 2.45) is 0 Å². The van der Waals surface area contributed by atoms with Gasteiger partial charge < -0.3 is 0 Å². The SMILES string of the molecule is CC(C)(C)OC(=O)NC([I-]c1cc(F)cc(F)c1)C(O)CNC1COCc2ccccc21. The molecule has 0 bridgehead atoms. The molecule has 3 rings (SSSR count). The first-order valence-corrected chi connectivity index (χ1v) is 12.6. The van der Waals surface area contributed by atoms with Crippen LogP contribution in [0.15, 0.2) is 42.5 Å². The summed E-state index contributed by atoms with van der Waals surface area (Å²) < 4.78 is 38.0. The molecule has 1 aliphatic heterocycles. The molecule has 176 valence electrons. The van der Waals surface area contributed by atoms with E-state index in [4.69, 9.17) is 9.47 Å². The zero-order chi connectivity index (χ0) is 23.3. The van der Waals surface area contributed by atoms with Gasteiger partial charge in [-0.3, -0.25) is 0 Å². The van der Waals surface area contributed by atoms with Gasteiger partial charge in [0.15, 0.2) is 0 Å². The summed E-state index contributed by atoms with van der Waals surface area (Å²) >= 11 is -1.19. The van der Waals surface area contributed by atoms with Gasteiger partial charge in [-0.05, 0) is 0 Å². The number of aliphatic hydroxyl groups excluding tert-OH is 1. The van der Waals surface area contributed by atoms with Gasteiger partial charge in [0.1, 0.15) is 0 Å². The number of benzene rings is 2. The van der Waals surface area contributed by atoms with Gasteiger partial charge in [-0.15, -0.1) is 0 Å². The zero-order valence-corrected chi connectivity index (χ0v) is 20.4. The van der Waals surface area contributed by atoms with Gasteiger partial charge >= 0.3 is 197 Å². The van der Waals surface area contributed by atoms with Crippen LogP contribution in [-0.2, 0) is 16.1 Å². The number of amides is 1. The summed E-state index contributed by atoms with van der Waals surface area (Å²) in [7, 11) is 0. The van der Waals surface area contributed by atoms with E-state index in [1.807, 2.05) is 24.3 Å². The van der Waals surface area contributed by atoms with Crippen molar-refractivity contribution in [1.29, 1.82) is 0 Å². The molecule has 0 fully saturated rings. The van der Waals surface area contributed by atoms with Gasteiger partial charge in [0.25, 0.3) is 0 Å². The Balaban J connectivity index is 1.71. The second kappa shape index (κ2) is 10.9. The molecule has 3 unspecified atom stereocenters. The summed E-state index contributed by atoms with van der Waals surface area (Å²) in [5.41, 5.74) is 1.46. The van der Waals surface area contributed by atoms with Crippen molar-refractivity contribution in [2.75, 3.05) is 13.2 Å². The quantitative estimate of drug-likeness (QED) is 0.258. The molecule has 0 spiro atoms. The van der Waals surface area contributed by atoms with Crippen LogP contribution in [0.1, 0.15) is 37.9 Å². The van der Waals surface area contributed by atoms with Crippen molar-refractivity contribution in [2.45, 2.75) is 49.2 Å². The number of alkyl carbamates (subject to hydrolysis) is 1. The fourth-order valence-electron chi connectivity index (χ4n) is 3.25. The summed E-state index contributed by atoms with van der Waals surface area (Å²) in [6.45, 7) is 6.35. The van der Waals surface area contributed by atoms with E-state index in [0.717, 1.165) is 17.2 Å². The Bertz CT molecular complexity index is 918. The number of carbonyl (C=O) groups excluding carboxylic acids is 1. The van der Waals surface area contributed by atoms with Crippen LogP contribution in [0.5, 0.6) is 0 Å². The predicted molar refractivity (Wildman–Crippen MR) is 111 cm³/mol. The Morgan fingerprint density at radius 1 is 1.25 bits per heavy atom. The number of alkyl halides is 1. The number of aliphatic hydroxyl groups is 1. The fraction of sp³-hybridized carbons (Fsp3) is 0.435. The molecule has 9 heteroatoms. The van der Waals surface area contributed by atoms with Crippen LogP contribution in [0.25, 0.3) is 0 Å². The van der Waals surface area contributed by atoms with Crippen LogP contribution in [0.2, 0.25) is 0 Å². The van der Waals surface area contributed by atoms with E-state index >= 15 is 0 Å². The summed E-state index contributed by atoms with van der Waals surface area (Å²) in [6, 6.07) is 11.0. The maximum atomic E-state index is 13.7. The molecule has 3 N–H and O–H groups in total. The van der Waals surface area contributed by atoms with Gasteiger partial charge in [0, 0.05) is 0 Å². The fourth-order valence-corrected chi connectivity index (χ4v) is 6.06. The minimum atomic E-state index is -1.19. The van der Waals surface area contributed by atoms with Crippen molar-refractivity contribution in [3.05, 3.63) is 68.8 Å². The third kappa shape index (κ3) is 7.36. The van der Waals surface area contributed by atoms with E-state index in [1.54, 1.807) is 20.8 Å². The number of nitrogens with one attached hydrogen (secondary N) is 2. The summed E-state index contributed by atoms with van der Waals surface area (Å²) in [6.07, 6.45) is -1.69.